The highest BCUT2D eigenvalue weighted by molar-refractivity contribution is 5.88. The maximum absolute atomic E-state index is 13.0. The molecule has 0 aliphatic heterocycles. The monoisotopic (exact) mass is 313 g/mol. The average molecular weight is 313 g/mol. The van der Waals surface area contributed by atoms with Gasteiger partial charge in [-0.3, -0.25) is 4.79 Å². The molecule has 0 spiro atoms. The van der Waals surface area contributed by atoms with Crippen LogP contribution in [0.1, 0.15) is 55.5 Å². The van der Waals surface area contributed by atoms with Crippen molar-refractivity contribution in [3.63, 3.8) is 0 Å². The van der Waals surface area contributed by atoms with Crippen LogP contribution in [0.4, 0.5) is 0 Å². The van der Waals surface area contributed by atoms with E-state index in [-0.39, 0.29) is 5.91 Å². The maximum Gasteiger partial charge on any atom is 0.235 e. The molecule has 3 rings (SSSR count). The predicted molar refractivity (Wildman–Crippen MR) is 86.8 cm³/mol. The summed E-state index contributed by atoms with van der Waals surface area (Å²) in [6.07, 6.45) is 4.67. The summed E-state index contributed by atoms with van der Waals surface area (Å²) < 4.78 is 5.47. The third kappa shape index (κ3) is 3.00. The first kappa shape index (κ1) is 15.7. The van der Waals surface area contributed by atoms with Crippen molar-refractivity contribution in [3.8, 4) is 0 Å². The van der Waals surface area contributed by atoms with Gasteiger partial charge in [0.1, 0.15) is 0 Å². The highest BCUT2D eigenvalue weighted by atomic mass is 16.4. The first-order valence-corrected chi connectivity index (χ1v) is 8.31. The Morgan fingerprint density at radius 3 is 2.57 bits per heavy atom. The fourth-order valence-corrected chi connectivity index (χ4v) is 3.53. The predicted octanol–water partition coefficient (Wildman–Crippen LogP) is 3.07. The molecule has 1 heterocycles. The molecule has 122 valence electrons. The summed E-state index contributed by atoms with van der Waals surface area (Å²) in [6, 6.07) is 8.20. The van der Waals surface area contributed by atoms with Gasteiger partial charge in [-0.05, 0) is 30.9 Å². The summed E-state index contributed by atoms with van der Waals surface area (Å²) in [5, 5.41) is 10.9. The Balaban J connectivity index is 1.78. The van der Waals surface area contributed by atoms with Crippen LogP contribution in [0.2, 0.25) is 0 Å². The van der Waals surface area contributed by atoms with Crippen LogP contribution in [0.5, 0.6) is 0 Å². The number of nitrogens with zero attached hydrogens (tertiary/aromatic N) is 2. The molecule has 0 unspecified atom stereocenters. The van der Waals surface area contributed by atoms with Gasteiger partial charge in [0.2, 0.25) is 17.7 Å². The summed E-state index contributed by atoms with van der Waals surface area (Å²) in [5.74, 6) is 1.14. The van der Waals surface area contributed by atoms with Crippen LogP contribution < -0.4 is 5.32 Å². The van der Waals surface area contributed by atoms with Crippen molar-refractivity contribution in [2.24, 2.45) is 0 Å². The van der Waals surface area contributed by atoms with E-state index in [1.165, 1.54) is 5.56 Å². The minimum absolute atomic E-state index is 0.0700. The molecular formula is C18H23N3O2. The summed E-state index contributed by atoms with van der Waals surface area (Å²) in [7, 11) is 0. The molecule has 1 saturated carbocycles. The zero-order valence-corrected chi connectivity index (χ0v) is 13.8. The quantitative estimate of drug-likeness (QED) is 0.921. The smallest absolute Gasteiger partial charge is 0.235 e. The van der Waals surface area contributed by atoms with Gasteiger partial charge in [-0.15, -0.1) is 10.2 Å². The van der Waals surface area contributed by atoms with E-state index in [9.17, 15) is 4.79 Å². The number of benzene rings is 1. The van der Waals surface area contributed by atoms with Gasteiger partial charge in [0.15, 0.2) is 0 Å². The Hall–Kier alpha value is -2.17. The lowest BCUT2D eigenvalue weighted by molar-refractivity contribution is -0.127. The van der Waals surface area contributed by atoms with E-state index in [1.807, 2.05) is 19.1 Å². The van der Waals surface area contributed by atoms with E-state index in [0.717, 1.165) is 31.2 Å². The van der Waals surface area contributed by atoms with Crippen molar-refractivity contribution in [3.05, 3.63) is 47.2 Å². The first-order valence-electron chi connectivity index (χ1n) is 8.31. The third-order valence-corrected chi connectivity index (χ3v) is 4.76. The molecule has 23 heavy (non-hydrogen) atoms. The molecule has 5 nitrogen and oxygen atoms in total. The number of hydrogen-bond acceptors (Lipinski definition) is 4. The minimum atomic E-state index is -0.418. The fraction of sp³-hybridized carbons (Fsp3) is 0.500. The Kier molecular flexibility index (Phi) is 4.46. The summed E-state index contributed by atoms with van der Waals surface area (Å²) >= 11 is 0. The molecule has 0 atom stereocenters. The van der Waals surface area contributed by atoms with Gasteiger partial charge in [-0.1, -0.05) is 44.0 Å². The van der Waals surface area contributed by atoms with Crippen molar-refractivity contribution in [2.75, 3.05) is 0 Å². The van der Waals surface area contributed by atoms with E-state index in [1.54, 1.807) is 0 Å². The van der Waals surface area contributed by atoms with Crippen LogP contribution in [-0.2, 0) is 23.2 Å². The van der Waals surface area contributed by atoms with E-state index in [2.05, 4.69) is 34.6 Å². The highest BCUT2D eigenvalue weighted by Gasteiger charge is 2.43. The largest absolute Gasteiger partial charge is 0.423 e. The van der Waals surface area contributed by atoms with Crippen molar-refractivity contribution in [2.45, 2.75) is 57.9 Å². The molecule has 5 heteroatoms. The molecule has 1 aliphatic rings. The summed E-state index contributed by atoms with van der Waals surface area (Å²) in [5.41, 5.74) is 1.91. The number of aryl methyl sites for hydroxylation is 2. The molecular weight excluding hydrogens is 290 g/mol. The molecule has 0 bridgehead atoms. The first-order chi connectivity index (χ1) is 11.2. The number of carbonyl (C=O) groups is 1. The number of rotatable bonds is 5. The van der Waals surface area contributed by atoms with Crippen molar-refractivity contribution < 1.29 is 9.21 Å². The zero-order valence-electron chi connectivity index (χ0n) is 13.8. The zero-order chi connectivity index (χ0) is 16.3. The lowest BCUT2D eigenvalue weighted by atomic mass is 9.76. The average Bonchev–Trinajstić information content (AvgIpc) is 3.23. The van der Waals surface area contributed by atoms with E-state index in [0.29, 0.717) is 24.7 Å². The lowest BCUT2D eigenvalue weighted by Crippen LogP contribution is -2.42. The Morgan fingerprint density at radius 2 is 1.91 bits per heavy atom. The normalized spacial score (nSPS) is 16.4. The molecule has 1 N–H and O–H groups in total. The van der Waals surface area contributed by atoms with Crippen LogP contribution in [-0.4, -0.2) is 16.1 Å². The maximum atomic E-state index is 13.0. The van der Waals surface area contributed by atoms with Crippen molar-refractivity contribution in [1.82, 2.24) is 15.5 Å². The Labute approximate surface area is 136 Å². The molecule has 0 radical (unpaired) electrons. The molecule has 0 saturated heterocycles. The molecule has 2 aromatic rings. The van der Waals surface area contributed by atoms with E-state index < -0.39 is 5.41 Å². The van der Waals surface area contributed by atoms with Gasteiger partial charge in [0.05, 0.1) is 12.0 Å². The molecule has 1 aromatic heterocycles. The SMILES string of the molecule is CCc1nnc(CNC(=O)C2(c3ccccc3C)CCCC2)o1. The second-order valence-corrected chi connectivity index (χ2v) is 6.23. The fourth-order valence-electron chi connectivity index (χ4n) is 3.53. The van der Waals surface area contributed by atoms with Crippen LogP contribution >= 0.6 is 0 Å². The molecule has 1 aliphatic carbocycles. The Morgan fingerprint density at radius 1 is 1.22 bits per heavy atom. The standard InChI is InChI=1S/C18H23N3O2/c1-3-15-20-21-16(23-15)12-19-17(22)18(10-6-7-11-18)14-9-5-4-8-13(14)2/h4-5,8-9H,3,6-7,10-12H2,1-2H3,(H,19,22). The highest BCUT2D eigenvalue weighted by Crippen LogP contribution is 2.42. The Bertz CT molecular complexity index is 687. The molecule has 1 amide bonds. The lowest BCUT2D eigenvalue weighted by Gasteiger charge is -2.29. The van der Waals surface area contributed by atoms with Gasteiger partial charge in [-0.25, -0.2) is 0 Å². The van der Waals surface area contributed by atoms with Gasteiger partial charge >= 0.3 is 0 Å². The van der Waals surface area contributed by atoms with Crippen LogP contribution in [0.25, 0.3) is 0 Å². The summed E-state index contributed by atoms with van der Waals surface area (Å²) in [6.45, 7) is 4.33. The number of carbonyl (C=O) groups excluding carboxylic acids is 1. The van der Waals surface area contributed by atoms with Crippen LogP contribution in [0.15, 0.2) is 28.7 Å². The van der Waals surface area contributed by atoms with Crippen LogP contribution in [0.3, 0.4) is 0 Å². The minimum Gasteiger partial charge on any atom is -0.423 e. The van der Waals surface area contributed by atoms with Crippen molar-refractivity contribution in [1.29, 1.82) is 0 Å². The third-order valence-electron chi connectivity index (χ3n) is 4.76. The van der Waals surface area contributed by atoms with E-state index in [4.69, 9.17) is 4.42 Å². The van der Waals surface area contributed by atoms with Gasteiger partial charge in [0, 0.05) is 6.42 Å². The van der Waals surface area contributed by atoms with Gasteiger partial charge in [-0.2, -0.15) is 0 Å². The second-order valence-electron chi connectivity index (χ2n) is 6.23. The topological polar surface area (TPSA) is 68.0 Å². The van der Waals surface area contributed by atoms with E-state index >= 15 is 0 Å². The number of amides is 1. The molecule has 1 fully saturated rings. The number of nitrogens with one attached hydrogen (secondary N) is 1. The number of aromatic nitrogens is 2. The molecule has 1 aromatic carbocycles. The second kappa shape index (κ2) is 6.52. The summed E-state index contributed by atoms with van der Waals surface area (Å²) in [4.78, 5) is 13.0. The van der Waals surface area contributed by atoms with Crippen LogP contribution in [0, 0.1) is 6.92 Å². The number of hydrogen-bond donors (Lipinski definition) is 1. The van der Waals surface area contributed by atoms with Gasteiger partial charge in [0.25, 0.3) is 0 Å². The van der Waals surface area contributed by atoms with Crippen molar-refractivity contribution >= 4 is 5.91 Å². The van der Waals surface area contributed by atoms with Gasteiger partial charge < -0.3 is 9.73 Å².